The van der Waals surface area contributed by atoms with Crippen molar-refractivity contribution in [1.82, 2.24) is 10.6 Å². The van der Waals surface area contributed by atoms with Gasteiger partial charge in [-0.15, -0.1) is 0 Å². The molecule has 2 heteroatoms. The fraction of sp³-hybridized carbons (Fsp3) is 1.00. The Kier molecular flexibility index (Phi) is 4.94. The minimum atomic E-state index is 0.948. The van der Waals surface area contributed by atoms with Crippen molar-refractivity contribution in [3.63, 3.8) is 0 Å². The largest absolute Gasteiger partial charge is 0.316 e. The number of hydrogen-bond acceptors (Lipinski definition) is 2. The molecule has 0 aromatic heterocycles. The maximum atomic E-state index is 3.65. The van der Waals surface area contributed by atoms with Crippen LogP contribution in [-0.4, -0.2) is 26.2 Å². The van der Waals surface area contributed by atoms with Crippen LogP contribution in [0.3, 0.4) is 0 Å². The van der Waals surface area contributed by atoms with Crippen molar-refractivity contribution in [1.29, 1.82) is 0 Å². The van der Waals surface area contributed by atoms with E-state index in [0.717, 1.165) is 11.8 Å². The monoisotopic (exact) mass is 210 g/mol. The molecule has 2 nitrogen and oxygen atoms in total. The first-order chi connectivity index (χ1) is 7.45. The predicted molar refractivity (Wildman–Crippen MR) is 65.0 cm³/mol. The fourth-order valence-corrected chi connectivity index (χ4v) is 2.96. The first kappa shape index (κ1) is 11.4. The number of hydrogen-bond donors (Lipinski definition) is 2. The SMILES string of the molecule is C1CCC(CNCCC2CCNC2)CC1. The first-order valence-corrected chi connectivity index (χ1v) is 6.86. The molecule has 0 aromatic rings. The van der Waals surface area contributed by atoms with Crippen molar-refractivity contribution < 1.29 is 0 Å². The van der Waals surface area contributed by atoms with Crippen LogP contribution in [0.25, 0.3) is 0 Å². The van der Waals surface area contributed by atoms with Crippen LogP contribution in [0.5, 0.6) is 0 Å². The summed E-state index contributed by atoms with van der Waals surface area (Å²) < 4.78 is 0. The molecule has 2 N–H and O–H groups in total. The second kappa shape index (κ2) is 6.49. The summed E-state index contributed by atoms with van der Waals surface area (Å²) in [6.45, 7) is 5.02. The highest BCUT2D eigenvalue weighted by Gasteiger charge is 2.15. The van der Waals surface area contributed by atoms with Gasteiger partial charge in [0.2, 0.25) is 0 Å². The second-order valence-corrected chi connectivity index (χ2v) is 5.36. The molecular weight excluding hydrogens is 184 g/mol. The summed E-state index contributed by atoms with van der Waals surface area (Å²) in [6, 6.07) is 0. The highest BCUT2D eigenvalue weighted by atomic mass is 14.9. The zero-order valence-electron chi connectivity index (χ0n) is 9.93. The molecule has 2 rings (SSSR count). The van der Waals surface area contributed by atoms with Gasteiger partial charge in [0, 0.05) is 0 Å². The predicted octanol–water partition coefficient (Wildman–Crippen LogP) is 2.16. The van der Waals surface area contributed by atoms with Crippen LogP contribution in [0.2, 0.25) is 0 Å². The van der Waals surface area contributed by atoms with Crippen molar-refractivity contribution in [2.75, 3.05) is 26.2 Å². The summed E-state index contributed by atoms with van der Waals surface area (Å²) in [5.41, 5.74) is 0. The van der Waals surface area contributed by atoms with Crippen LogP contribution in [0.15, 0.2) is 0 Å². The lowest BCUT2D eigenvalue weighted by Crippen LogP contribution is -2.26. The van der Waals surface area contributed by atoms with Gasteiger partial charge < -0.3 is 10.6 Å². The summed E-state index contributed by atoms with van der Waals surface area (Å²) >= 11 is 0. The average molecular weight is 210 g/mol. The minimum absolute atomic E-state index is 0.948. The lowest BCUT2D eigenvalue weighted by atomic mass is 9.89. The Morgan fingerprint density at radius 3 is 2.60 bits per heavy atom. The van der Waals surface area contributed by atoms with Gasteiger partial charge in [-0.05, 0) is 63.7 Å². The Morgan fingerprint density at radius 1 is 1.00 bits per heavy atom. The van der Waals surface area contributed by atoms with E-state index in [9.17, 15) is 0 Å². The van der Waals surface area contributed by atoms with Crippen LogP contribution in [0, 0.1) is 11.8 Å². The zero-order chi connectivity index (χ0) is 10.3. The third-order valence-corrected chi connectivity index (χ3v) is 4.05. The maximum Gasteiger partial charge on any atom is -0.00196 e. The Labute approximate surface area is 94.2 Å². The fourth-order valence-electron chi connectivity index (χ4n) is 2.96. The third kappa shape index (κ3) is 4.12. The molecule has 15 heavy (non-hydrogen) atoms. The summed E-state index contributed by atoms with van der Waals surface area (Å²) in [6.07, 6.45) is 10.1. The molecule has 1 aliphatic carbocycles. The normalized spacial score (nSPS) is 28.4. The van der Waals surface area contributed by atoms with Gasteiger partial charge >= 0.3 is 0 Å². The van der Waals surface area contributed by atoms with E-state index >= 15 is 0 Å². The van der Waals surface area contributed by atoms with Gasteiger partial charge in [0.1, 0.15) is 0 Å². The van der Waals surface area contributed by atoms with Gasteiger partial charge in [0.15, 0.2) is 0 Å². The highest BCUT2D eigenvalue weighted by Crippen LogP contribution is 2.22. The van der Waals surface area contributed by atoms with E-state index in [0.29, 0.717) is 0 Å². The van der Waals surface area contributed by atoms with E-state index in [1.807, 2.05) is 0 Å². The van der Waals surface area contributed by atoms with Crippen molar-refractivity contribution >= 4 is 0 Å². The first-order valence-electron chi connectivity index (χ1n) is 6.86. The molecule has 1 unspecified atom stereocenters. The molecule has 1 saturated carbocycles. The van der Waals surface area contributed by atoms with Gasteiger partial charge in [-0.3, -0.25) is 0 Å². The molecule has 2 fully saturated rings. The molecule has 0 bridgehead atoms. The lowest BCUT2D eigenvalue weighted by molar-refractivity contribution is 0.338. The Hall–Kier alpha value is -0.0800. The smallest absolute Gasteiger partial charge is 0.00196 e. The maximum absolute atomic E-state index is 3.65. The van der Waals surface area contributed by atoms with Crippen LogP contribution >= 0.6 is 0 Å². The molecule has 1 atom stereocenters. The summed E-state index contributed by atoms with van der Waals surface area (Å²) in [5.74, 6) is 1.93. The van der Waals surface area contributed by atoms with Gasteiger partial charge in [-0.2, -0.15) is 0 Å². The second-order valence-electron chi connectivity index (χ2n) is 5.36. The van der Waals surface area contributed by atoms with Crippen molar-refractivity contribution in [3.05, 3.63) is 0 Å². The van der Waals surface area contributed by atoms with Crippen LogP contribution < -0.4 is 10.6 Å². The molecule has 0 radical (unpaired) electrons. The molecule has 1 saturated heterocycles. The van der Waals surface area contributed by atoms with Crippen LogP contribution in [0.1, 0.15) is 44.9 Å². The molecular formula is C13H26N2. The highest BCUT2D eigenvalue weighted by molar-refractivity contribution is 4.73. The molecule has 1 heterocycles. The molecule has 88 valence electrons. The van der Waals surface area contributed by atoms with E-state index < -0.39 is 0 Å². The molecule has 0 amide bonds. The number of rotatable bonds is 5. The minimum Gasteiger partial charge on any atom is -0.316 e. The van der Waals surface area contributed by atoms with E-state index in [1.165, 1.54) is 71.1 Å². The molecule has 2 aliphatic rings. The van der Waals surface area contributed by atoms with Crippen molar-refractivity contribution in [2.45, 2.75) is 44.9 Å². The average Bonchev–Trinajstić information content (AvgIpc) is 2.79. The summed E-state index contributed by atoms with van der Waals surface area (Å²) in [7, 11) is 0. The zero-order valence-corrected chi connectivity index (χ0v) is 9.93. The van der Waals surface area contributed by atoms with E-state index in [4.69, 9.17) is 0 Å². The molecule has 0 spiro atoms. The Morgan fingerprint density at radius 2 is 1.87 bits per heavy atom. The van der Waals surface area contributed by atoms with Gasteiger partial charge in [-0.1, -0.05) is 19.3 Å². The quantitative estimate of drug-likeness (QED) is 0.680. The third-order valence-electron chi connectivity index (χ3n) is 4.05. The van der Waals surface area contributed by atoms with Crippen LogP contribution in [0.4, 0.5) is 0 Å². The summed E-state index contributed by atoms with van der Waals surface area (Å²) in [4.78, 5) is 0. The lowest BCUT2D eigenvalue weighted by Gasteiger charge is -2.22. The Balaban J connectivity index is 1.47. The molecule has 0 aromatic carbocycles. The van der Waals surface area contributed by atoms with Crippen molar-refractivity contribution in [2.24, 2.45) is 11.8 Å². The summed E-state index contributed by atoms with van der Waals surface area (Å²) in [5, 5.41) is 7.09. The van der Waals surface area contributed by atoms with Gasteiger partial charge in [0.25, 0.3) is 0 Å². The molecule has 1 aliphatic heterocycles. The van der Waals surface area contributed by atoms with Gasteiger partial charge in [-0.25, -0.2) is 0 Å². The van der Waals surface area contributed by atoms with E-state index in [1.54, 1.807) is 0 Å². The standard InChI is InChI=1S/C13H26N2/c1-2-4-12(5-3-1)10-14-8-6-13-7-9-15-11-13/h12-15H,1-11H2. The topological polar surface area (TPSA) is 24.1 Å². The van der Waals surface area contributed by atoms with Crippen molar-refractivity contribution in [3.8, 4) is 0 Å². The van der Waals surface area contributed by atoms with Gasteiger partial charge in [0.05, 0.1) is 0 Å². The van der Waals surface area contributed by atoms with E-state index in [-0.39, 0.29) is 0 Å². The Bertz CT molecular complexity index is 158. The number of nitrogens with one attached hydrogen (secondary N) is 2. The van der Waals surface area contributed by atoms with Crippen LogP contribution in [-0.2, 0) is 0 Å². The van der Waals surface area contributed by atoms with E-state index in [2.05, 4.69) is 10.6 Å².